The fraction of sp³-hybridized carbons (Fsp3) is 0.400. The first-order valence-corrected chi connectivity index (χ1v) is 4.92. The molecule has 11 heteroatoms. The summed E-state index contributed by atoms with van der Waals surface area (Å²) in [6, 6.07) is -0.377. The summed E-state index contributed by atoms with van der Waals surface area (Å²) in [6.07, 6.45) is -11.9. The van der Waals surface area contributed by atoms with Crippen LogP contribution in [0.3, 0.4) is 0 Å². The van der Waals surface area contributed by atoms with Gasteiger partial charge in [-0.05, 0) is 12.1 Å². The van der Waals surface area contributed by atoms with E-state index in [-0.39, 0.29) is 12.1 Å². The van der Waals surface area contributed by atoms with E-state index in [2.05, 4.69) is 0 Å². The Morgan fingerprint density at radius 3 is 1.62 bits per heavy atom. The van der Waals surface area contributed by atoms with Crippen molar-refractivity contribution in [2.75, 3.05) is 5.73 Å². The Labute approximate surface area is 110 Å². The molecule has 0 saturated carbocycles. The minimum atomic E-state index is -6.64. The SMILES string of the molecule is Nc1ccc(C(F)(F)C(F)(F)C(F)(F)F)cc1C(F)(F)F. The summed E-state index contributed by atoms with van der Waals surface area (Å²) in [7, 11) is 0. The molecular weight excluding hydrogens is 324 g/mol. The van der Waals surface area contributed by atoms with Gasteiger partial charge in [-0.2, -0.15) is 43.9 Å². The molecule has 0 spiro atoms. The van der Waals surface area contributed by atoms with Crippen LogP contribution in [-0.2, 0) is 12.1 Å². The first kappa shape index (κ1) is 17.4. The van der Waals surface area contributed by atoms with E-state index in [0.717, 1.165) is 0 Å². The fourth-order valence-electron chi connectivity index (χ4n) is 1.36. The zero-order valence-electron chi connectivity index (χ0n) is 9.59. The molecule has 1 rings (SSSR count). The number of nitrogens with two attached hydrogens (primary N) is 1. The average Bonchev–Trinajstić information content (AvgIpc) is 2.25. The van der Waals surface area contributed by atoms with E-state index in [9.17, 15) is 43.9 Å². The first-order chi connectivity index (χ1) is 9.12. The van der Waals surface area contributed by atoms with Crippen molar-refractivity contribution in [3.05, 3.63) is 29.3 Å². The van der Waals surface area contributed by atoms with Crippen LogP contribution in [0.25, 0.3) is 0 Å². The van der Waals surface area contributed by atoms with Crippen LogP contribution in [0, 0.1) is 0 Å². The summed E-state index contributed by atoms with van der Waals surface area (Å²) >= 11 is 0. The molecular formula is C10H5F10N. The number of nitrogen functional groups attached to an aromatic ring is 1. The van der Waals surface area contributed by atoms with Crippen molar-refractivity contribution in [1.82, 2.24) is 0 Å². The van der Waals surface area contributed by atoms with E-state index in [0.29, 0.717) is 0 Å². The number of halogens is 10. The molecule has 1 nitrogen and oxygen atoms in total. The topological polar surface area (TPSA) is 26.0 Å². The van der Waals surface area contributed by atoms with Crippen LogP contribution in [0.5, 0.6) is 0 Å². The van der Waals surface area contributed by atoms with Crippen LogP contribution in [0.2, 0.25) is 0 Å². The highest BCUT2D eigenvalue weighted by molar-refractivity contribution is 5.51. The highest BCUT2D eigenvalue weighted by Crippen LogP contribution is 2.52. The lowest BCUT2D eigenvalue weighted by Gasteiger charge is -2.29. The van der Waals surface area contributed by atoms with Gasteiger partial charge in [-0.15, -0.1) is 0 Å². The smallest absolute Gasteiger partial charge is 0.398 e. The van der Waals surface area contributed by atoms with Crippen molar-refractivity contribution in [1.29, 1.82) is 0 Å². The average molecular weight is 329 g/mol. The Morgan fingerprint density at radius 2 is 1.24 bits per heavy atom. The van der Waals surface area contributed by atoms with Gasteiger partial charge in [0.1, 0.15) is 0 Å². The normalized spacial score (nSPS) is 14.4. The van der Waals surface area contributed by atoms with Gasteiger partial charge in [-0.25, -0.2) is 0 Å². The van der Waals surface area contributed by atoms with E-state index in [1.54, 1.807) is 0 Å². The summed E-state index contributed by atoms with van der Waals surface area (Å²) in [6.45, 7) is 0. The molecule has 0 bridgehead atoms. The molecule has 0 aliphatic heterocycles. The predicted octanol–water partition coefficient (Wildman–Crippen LogP) is 4.58. The molecule has 0 amide bonds. The number of anilines is 1. The van der Waals surface area contributed by atoms with Crippen LogP contribution in [0.4, 0.5) is 49.6 Å². The lowest BCUT2D eigenvalue weighted by Crippen LogP contribution is -2.50. The second kappa shape index (κ2) is 4.67. The van der Waals surface area contributed by atoms with Gasteiger partial charge in [-0.1, -0.05) is 6.07 Å². The second-order valence-corrected chi connectivity index (χ2v) is 3.95. The quantitative estimate of drug-likeness (QED) is 0.624. The van der Waals surface area contributed by atoms with Crippen LogP contribution < -0.4 is 5.73 Å². The number of rotatable bonds is 2. The highest BCUT2D eigenvalue weighted by Gasteiger charge is 2.73. The van der Waals surface area contributed by atoms with Gasteiger partial charge >= 0.3 is 24.2 Å². The van der Waals surface area contributed by atoms with E-state index in [1.165, 1.54) is 0 Å². The second-order valence-electron chi connectivity index (χ2n) is 3.95. The number of benzene rings is 1. The summed E-state index contributed by atoms with van der Waals surface area (Å²) in [5, 5.41) is 0. The molecule has 0 aliphatic rings. The van der Waals surface area contributed by atoms with Gasteiger partial charge < -0.3 is 5.73 Å². The highest BCUT2D eigenvalue weighted by atomic mass is 19.4. The zero-order valence-corrected chi connectivity index (χ0v) is 9.59. The van der Waals surface area contributed by atoms with Gasteiger partial charge in [0.25, 0.3) is 0 Å². The summed E-state index contributed by atoms with van der Waals surface area (Å²) in [5.41, 5.74) is -0.326. The van der Waals surface area contributed by atoms with E-state index in [1.807, 2.05) is 0 Å². The minimum Gasteiger partial charge on any atom is -0.398 e. The lowest BCUT2D eigenvalue weighted by atomic mass is 9.98. The van der Waals surface area contributed by atoms with E-state index in [4.69, 9.17) is 5.73 Å². The number of alkyl halides is 10. The van der Waals surface area contributed by atoms with Crippen molar-refractivity contribution < 1.29 is 43.9 Å². The molecule has 0 saturated heterocycles. The molecule has 0 aromatic heterocycles. The number of hydrogen-bond acceptors (Lipinski definition) is 1. The Morgan fingerprint density at radius 1 is 0.762 bits per heavy atom. The molecule has 0 unspecified atom stereocenters. The van der Waals surface area contributed by atoms with Crippen LogP contribution in [-0.4, -0.2) is 12.1 Å². The van der Waals surface area contributed by atoms with E-state index >= 15 is 0 Å². The predicted molar refractivity (Wildman–Crippen MR) is 50.8 cm³/mol. The largest absolute Gasteiger partial charge is 0.460 e. The molecule has 0 radical (unpaired) electrons. The molecule has 120 valence electrons. The molecule has 0 aliphatic carbocycles. The Bertz CT molecular complexity index is 528. The number of hydrogen-bond donors (Lipinski definition) is 1. The van der Waals surface area contributed by atoms with Crippen molar-refractivity contribution in [3.8, 4) is 0 Å². The Hall–Kier alpha value is -1.68. The molecule has 21 heavy (non-hydrogen) atoms. The van der Waals surface area contributed by atoms with Crippen LogP contribution in [0.15, 0.2) is 18.2 Å². The van der Waals surface area contributed by atoms with E-state index < -0.39 is 47.1 Å². The van der Waals surface area contributed by atoms with Crippen LogP contribution in [0.1, 0.15) is 11.1 Å². The fourth-order valence-corrected chi connectivity index (χ4v) is 1.36. The summed E-state index contributed by atoms with van der Waals surface area (Å²) < 4.78 is 125. The molecule has 0 heterocycles. The standard InChI is InChI=1S/C10H5F10N/c11-7(12,9(16,17)10(18,19)20)4-1-2-6(21)5(3-4)8(13,14)15/h1-3H,21H2. The van der Waals surface area contributed by atoms with Crippen molar-refractivity contribution in [2.45, 2.75) is 24.2 Å². The third-order valence-corrected chi connectivity index (χ3v) is 2.47. The maximum absolute atomic E-state index is 13.3. The van der Waals surface area contributed by atoms with Gasteiger partial charge in [0.15, 0.2) is 0 Å². The maximum atomic E-state index is 13.3. The third-order valence-electron chi connectivity index (χ3n) is 2.47. The lowest BCUT2D eigenvalue weighted by molar-refractivity contribution is -0.359. The molecule has 0 atom stereocenters. The van der Waals surface area contributed by atoms with Crippen molar-refractivity contribution >= 4 is 5.69 Å². The minimum absolute atomic E-state index is 0.0236. The van der Waals surface area contributed by atoms with Crippen LogP contribution >= 0.6 is 0 Å². The monoisotopic (exact) mass is 329 g/mol. The van der Waals surface area contributed by atoms with Gasteiger partial charge in [0.2, 0.25) is 0 Å². The Balaban J connectivity index is 3.47. The summed E-state index contributed by atoms with van der Waals surface area (Å²) in [4.78, 5) is 0. The molecule has 1 aromatic carbocycles. The maximum Gasteiger partial charge on any atom is 0.460 e. The Kier molecular flexibility index (Phi) is 3.86. The molecule has 0 fully saturated rings. The van der Waals surface area contributed by atoms with Crippen molar-refractivity contribution in [2.24, 2.45) is 0 Å². The zero-order chi connectivity index (χ0) is 16.9. The van der Waals surface area contributed by atoms with Gasteiger partial charge in [0.05, 0.1) is 5.56 Å². The third kappa shape index (κ3) is 2.86. The van der Waals surface area contributed by atoms with Crippen molar-refractivity contribution in [3.63, 3.8) is 0 Å². The summed E-state index contributed by atoms with van der Waals surface area (Å²) in [5.74, 6) is -12.4. The first-order valence-electron chi connectivity index (χ1n) is 4.92. The van der Waals surface area contributed by atoms with Gasteiger partial charge in [-0.3, -0.25) is 0 Å². The van der Waals surface area contributed by atoms with Gasteiger partial charge in [0, 0.05) is 11.3 Å². The molecule has 2 N–H and O–H groups in total. The molecule has 1 aromatic rings.